The van der Waals surface area contributed by atoms with E-state index in [-0.39, 0.29) is 17.4 Å². The van der Waals surface area contributed by atoms with E-state index in [1.807, 2.05) is 0 Å². The van der Waals surface area contributed by atoms with Crippen LogP contribution in [0.2, 0.25) is 0 Å². The third-order valence-electron chi connectivity index (χ3n) is 4.58. The Kier molecular flexibility index (Phi) is 5.25. The summed E-state index contributed by atoms with van der Waals surface area (Å²) in [6, 6.07) is 7.19. The molecule has 2 N–H and O–H groups in total. The molecule has 2 aromatic heterocycles. The summed E-state index contributed by atoms with van der Waals surface area (Å²) in [6.07, 6.45) is -1.73. The van der Waals surface area contributed by atoms with E-state index in [4.69, 9.17) is 0 Å². The van der Waals surface area contributed by atoms with E-state index < -0.39 is 17.6 Å². The Balaban J connectivity index is 1.59. The van der Waals surface area contributed by atoms with Crippen LogP contribution in [0.3, 0.4) is 0 Å². The minimum Gasteiger partial charge on any atom is -0.351 e. The van der Waals surface area contributed by atoms with Crippen molar-refractivity contribution in [2.45, 2.75) is 6.18 Å². The van der Waals surface area contributed by atoms with Gasteiger partial charge in [0.1, 0.15) is 11.6 Å². The van der Waals surface area contributed by atoms with Crippen molar-refractivity contribution < 1.29 is 22.4 Å². The zero-order valence-corrected chi connectivity index (χ0v) is 16.8. The van der Waals surface area contributed by atoms with Crippen molar-refractivity contribution in [1.82, 2.24) is 24.8 Å². The number of carbonyl (C=O) groups is 1. The van der Waals surface area contributed by atoms with Gasteiger partial charge in [-0.1, -0.05) is 12.1 Å². The first kappa shape index (κ1) is 21.2. The maximum Gasteiger partial charge on any atom is 0.416 e. The van der Waals surface area contributed by atoms with Gasteiger partial charge in [0.25, 0.3) is 5.91 Å². The number of nitrogens with one attached hydrogen (secondary N) is 2. The van der Waals surface area contributed by atoms with Crippen molar-refractivity contribution in [3.63, 3.8) is 0 Å². The van der Waals surface area contributed by atoms with Crippen molar-refractivity contribution in [3.05, 3.63) is 66.0 Å². The summed E-state index contributed by atoms with van der Waals surface area (Å²) in [5, 5.41) is 2.83. The fourth-order valence-corrected chi connectivity index (χ4v) is 2.94. The predicted octanol–water partition coefficient (Wildman–Crippen LogP) is 4.62. The second kappa shape index (κ2) is 7.91. The molecule has 164 valence electrons. The molecule has 0 fully saturated rings. The van der Waals surface area contributed by atoms with Crippen LogP contribution >= 0.6 is 0 Å². The fourth-order valence-electron chi connectivity index (χ4n) is 2.94. The van der Waals surface area contributed by atoms with E-state index in [9.17, 15) is 22.4 Å². The molecule has 0 saturated carbocycles. The lowest BCUT2D eigenvalue weighted by molar-refractivity contribution is -0.137. The number of aromatic amines is 1. The van der Waals surface area contributed by atoms with Gasteiger partial charge in [-0.25, -0.2) is 19.3 Å². The van der Waals surface area contributed by atoms with Crippen LogP contribution in [0.15, 0.2) is 48.8 Å². The van der Waals surface area contributed by atoms with Gasteiger partial charge in [-0.15, -0.1) is 0 Å². The number of H-pyrrole nitrogens is 1. The normalized spacial score (nSPS) is 11.6. The molecule has 0 radical (unpaired) electrons. The lowest BCUT2D eigenvalue weighted by Crippen LogP contribution is -2.23. The molecular formula is C21H16F4N6O. The Morgan fingerprint density at radius 3 is 2.31 bits per heavy atom. The van der Waals surface area contributed by atoms with E-state index in [0.29, 0.717) is 28.1 Å². The average Bonchev–Trinajstić information content (AvgIpc) is 3.16. The van der Waals surface area contributed by atoms with Crippen LogP contribution < -0.4 is 5.32 Å². The average molecular weight is 444 g/mol. The minimum absolute atomic E-state index is 0.00459. The predicted molar refractivity (Wildman–Crippen MR) is 110 cm³/mol. The first-order chi connectivity index (χ1) is 15.1. The smallest absolute Gasteiger partial charge is 0.351 e. The zero-order valence-electron chi connectivity index (χ0n) is 16.8. The first-order valence-electron chi connectivity index (χ1n) is 9.29. The molecular weight excluding hydrogens is 428 g/mol. The van der Waals surface area contributed by atoms with Crippen molar-refractivity contribution in [3.8, 4) is 11.4 Å². The van der Waals surface area contributed by atoms with Gasteiger partial charge in [0, 0.05) is 25.7 Å². The van der Waals surface area contributed by atoms with Crippen LogP contribution in [0, 0.1) is 5.82 Å². The summed E-state index contributed by atoms with van der Waals surface area (Å²) < 4.78 is 52.8. The number of fused-ring (bicyclic) bond motifs is 1. The number of benzene rings is 2. The van der Waals surface area contributed by atoms with E-state index in [1.165, 1.54) is 41.6 Å². The number of amides is 1. The summed E-state index contributed by atoms with van der Waals surface area (Å²) >= 11 is 0. The summed E-state index contributed by atoms with van der Waals surface area (Å²) in [4.78, 5) is 28.4. The van der Waals surface area contributed by atoms with Gasteiger partial charge in [-0.2, -0.15) is 13.2 Å². The molecule has 0 bridgehead atoms. The van der Waals surface area contributed by atoms with Crippen LogP contribution in [0.1, 0.15) is 16.2 Å². The molecule has 0 aliphatic rings. The van der Waals surface area contributed by atoms with Crippen LogP contribution in [-0.4, -0.2) is 44.8 Å². The Labute approximate surface area is 179 Å². The second-order valence-electron chi connectivity index (χ2n) is 7.13. The van der Waals surface area contributed by atoms with Gasteiger partial charge in [0.2, 0.25) is 5.82 Å². The number of hydrogen-bond acceptors (Lipinski definition) is 5. The van der Waals surface area contributed by atoms with Gasteiger partial charge in [-0.05, 0) is 18.2 Å². The summed E-state index contributed by atoms with van der Waals surface area (Å²) in [6.45, 7) is 0. The van der Waals surface area contributed by atoms with Crippen molar-refractivity contribution in [2.24, 2.45) is 0 Å². The van der Waals surface area contributed by atoms with E-state index in [2.05, 4.69) is 25.3 Å². The molecule has 7 nitrogen and oxygen atoms in total. The molecule has 0 atom stereocenters. The molecule has 11 heteroatoms. The Bertz CT molecular complexity index is 1280. The van der Waals surface area contributed by atoms with Crippen LogP contribution in [0.25, 0.3) is 22.4 Å². The van der Waals surface area contributed by atoms with Crippen LogP contribution in [0.4, 0.5) is 28.9 Å². The molecule has 2 aromatic carbocycles. The largest absolute Gasteiger partial charge is 0.416 e. The molecule has 4 rings (SSSR count). The number of nitrogens with zero attached hydrogens (tertiary/aromatic N) is 4. The van der Waals surface area contributed by atoms with Gasteiger partial charge < -0.3 is 15.2 Å². The Morgan fingerprint density at radius 1 is 1.06 bits per heavy atom. The molecule has 1 amide bonds. The number of aromatic nitrogens is 4. The monoisotopic (exact) mass is 444 g/mol. The van der Waals surface area contributed by atoms with Gasteiger partial charge >= 0.3 is 6.18 Å². The number of anilines is 2. The van der Waals surface area contributed by atoms with E-state index in [1.54, 1.807) is 14.1 Å². The molecule has 0 spiro atoms. The summed E-state index contributed by atoms with van der Waals surface area (Å²) in [5.41, 5.74) is 0.902. The topological polar surface area (TPSA) is 86.8 Å². The third kappa shape index (κ3) is 4.22. The van der Waals surface area contributed by atoms with Gasteiger partial charge in [0.05, 0.1) is 40.4 Å². The maximum atomic E-state index is 14.6. The lowest BCUT2D eigenvalue weighted by atomic mass is 10.1. The third-order valence-corrected chi connectivity index (χ3v) is 4.58. The quantitative estimate of drug-likeness (QED) is 0.449. The lowest BCUT2D eigenvalue weighted by Gasteiger charge is -2.10. The zero-order chi connectivity index (χ0) is 23.0. The maximum absolute atomic E-state index is 14.6. The molecule has 0 aliphatic heterocycles. The summed E-state index contributed by atoms with van der Waals surface area (Å²) in [5.74, 6) is -0.643. The van der Waals surface area contributed by atoms with Gasteiger partial charge in [-0.3, -0.25) is 4.79 Å². The Hall–Kier alpha value is -4.02. The second-order valence-corrected chi connectivity index (χ2v) is 7.13. The first-order valence-corrected chi connectivity index (χ1v) is 9.29. The minimum atomic E-state index is -4.43. The van der Waals surface area contributed by atoms with Crippen molar-refractivity contribution in [2.75, 3.05) is 19.4 Å². The highest BCUT2D eigenvalue weighted by molar-refractivity contribution is 5.90. The SMILES string of the molecule is CN(C)C(=O)c1ncc(Nc2cc3nc(-c4ccc(C(F)(F)F)cc4)[nH]c3cc2F)cn1. The van der Waals surface area contributed by atoms with E-state index >= 15 is 0 Å². The summed E-state index contributed by atoms with van der Waals surface area (Å²) in [7, 11) is 3.15. The number of imidazole rings is 1. The number of halogens is 4. The number of alkyl halides is 3. The standard InChI is InChI=1S/C21H16F4N6O/c1-31(2)20(32)19-26-9-13(10-27-19)28-15-8-17-16(7-14(15)22)29-18(30-17)11-3-5-12(6-4-11)21(23,24)25/h3-10,28H,1-2H3,(H,29,30). The molecule has 32 heavy (non-hydrogen) atoms. The van der Waals surface area contributed by atoms with Crippen molar-refractivity contribution >= 4 is 28.3 Å². The number of hydrogen-bond donors (Lipinski definition) is 2. The molecule has 4 aromatic rings. The van der Waals surface area contributed by atoms with Crippen LogP contribution in [-0.2, 0) is 6.18 Å². The number of rotatable bonds is 4. The highest BCUT2D eigenvalue weighted by Crippen LogP contribution is 2.31. The highest BCUT2D eigenvalue weighted by Gasteiger charge is 2.30. The van der Waals surface area contributed by atoms with Crippen LogP contribution in [0.5, 0.6) is 0 Å². The Morgan fingerprint density at radius 2 is 1.72 bits per heavy atom. The van der Waals surface area contributed by atoms with E-state index in [0.717, 1.165) is 12.1 Å². The van der Waals surface area contributed by atoms with Gasteiger partial charge in [0.15, 0.2) is 0 Å². The molecule has 0 aliphatic carbocycles. The molecule has 2 heterocycles. The fraction of sp³-hybridized carbons (Fsp3) is 0.143. The number of carbonyl (C=O) groups excluding carboxylic acids is 1. The molecule has 0 saturated heterocycles. The van der Waals surface area contributed by atoms with Crippen molar-refractivity contribution in [1.29, 1.82) is 0 Å². The highest BCUT2D eigenvalue weighted by atomic mass is 19.4. The molecule has 0 unspecified atom stereocenters.